The van der Waals surface area contributed by atoms with E-state index >= 15 is 0 Å². The topological polar surface area (TPSA) is 6.48 Å². The highest BCUT2D eigenvalue weighted by atomic mass is 15.1. The van der Waals surface area contributed by atoms with Gasteiger partial charge in [-0.2, -0.15) is 0 Å². The predicted molar refractivity (Wildman–Crippen MR) is 148 cm³/mol. The minimum absolute atomic E-state index is 0.769. The smallest absolute Gasteiger partial charge is 0.0193 e. The molecule has 5 aliphatic rings. The highest BCUT2D eigenvalue weighted by Crippen LogP contribution is 2.37. The minimum atomic E-state index is 0.769. The summed E-state index contributed by atoms with van der Waals surface area (Å²) in [6, 6.07) is 0. The zero-order chi connectivity index (χ0) is 23.3. The van der Waals surface area contributed by atoms with Crippen molar-refractivity contribution in [2.24, 2.45) is 17.8 Å². The summed E-state index contributed by atoms with van der Waals surface area (Å²) >= 11 is 0. The van der Waals surface area contributed by atoms with Crippen molar-refractivity contribution in [3.05, 3.63) is 60.3 Å². The molecular formula is C32H50N2. The van der Waals surface area contributed by atoms with Crippen molar-refractivity contribution in [3.63, 3.8) is 0 Å². The molecule has 5 rings (SSSR count). The summed E-state index contributed by atoms with van der Waals surface area (Å²) < 4.78 is 0. The molecular weight excluding hydrogens is 412 g/mol. The lowest BCUT2D eigenvalue weighted by molar-refractivity contribution is 0.0714. The largest absolute Gasteiger partial charge is 0.303 e. The maximum absolute atomic E-state index is 2.80. The fraction of sp³-hybridized carbons (Fsp3) is 0.688. The molecule has 5 heterocycles. The third kappa shape index (κ3) is 8.68. The maximum atomic E-state index is 2.80. The van der Waals surface area contributed by atoms with E-state index in [1.807, 2.05) is 0 Å². The highest BCUT2D eigenvalue weighted by molar-refractivity contribution is 5.14. The molecule has 0 radical (unpaired) electrons. The van der Waals surface area contributed by atoms with E-state index in [0.717, 1.165) is 17.8 Å². The van der Waals surface area contributed by atoms with Crippen LogP contribution in [0.1, 0.15) is 83.5 Å². The van der Waals surface area contributed by atoms with Gasteiger partial charge in [-0.05, 0) is 88.5 Å². The molecule has 0 spiro atoms. The number of rotatable bonds is 0. The summed E-state index contributed by atoms with van der Waals surface area (Å²) in [5.74, 6) is 2.53. The van der Waals surface area contributed by atoms with Crippen molar-refractivity contribution in [3.8, 4) is 0 Å². The van der Waals surface area contributed by atoms with E-state index in [2.05, 4.69) is 64.5 Å². The van der Waals surface area contributed by atoms with E-state index in [0.29, 0.717) is 0 Å². The second-order valence-corrected chi connectivity index (χ2v) is 11.3. The molecule has 2 unspecified atom stereocenters. The van der Waals surface area contributed by atoms with Crippen molar-refractivity contribution in [1.29, 1.82) is 0 Å². The average molecular weight is 463 g/mol. The van der Waals surface area contributed by atoms with Gasteiger partial charge in [0.25, 0.3) is 0 Å². The fourth-order valence-corrected chi connectivity index (χ4v) is 6.70. The molecule has 0 aliphatic carbocycles. The molecule has 5 atom stereocenters. The van der Waals surface area contributed by atoms with Crippen LogP contribution < -0.4 is 0 Å². The van der Waals surface area contributed by atoms with E-state index in [4.69, 9.17) is 0 Å². The molecule has 0 N–H and O–H groups in total. The summed E-state index contributed by atoms with van der Waals surface area (Å²) in [5, 5.41) is 0. The van der Waals surface area contributed by atoms with Crippen LogP contribution in [0.5, 0.6) is 0 Å². The van der Waals surface area contributed by atoms with Crippen LogP contribution >= 0.6 is 0 Å². The predicted octanol–water partition coefficient (Wildman–Crippen LogP) is 7.72. The molecule has 0 amide bonds. The van der Waals surface area contributed by atoms with Gasteiger partial charge in [-0.1, -0.05) is 79.5 Å². The van der Waals surface area contributed by atoms with Crippen LogP contribution in [0, 0.1) is 17.8 Å². The standard InChI is InChI=1S/C32H50N2/c1-2-5-10-14-18-23-34-26-29-19-15-11-7-4-6-9-13-17-22-33-24-21-32(31(25-29)28-34)30(27-33)20-16-12-8-3-1/h2,4-6,9-10,13-14,25,30-32H,1,3,7-8,11-12,15-24,26-28H2/b5-2-,6-4-,13-9+,14-10-/t30-,31+,32-/m1/s1. The van der Waals surface area contributed by atoms with Gasteiger partial charge in [0.1, 0.15) is 0 Å². The molecule has 0 saturated carbocycles. The fourth-order valence-electron chi connectivity index (χ4n) is 6.70. The Bertz CT molecular complexity index is 727. The number of nitrogens with zero attached hydrogens (tertiary/aromatic N) is 2. The van der Waals surface area contributed by atoms with Gasteiger partial charge in [0.05, 0.1) is 0 Å². The van der Waals surface area contributed by atoms with Gasteiger partial charge in [-0.25, -0.2) is 0 Å². The summed E-state index contributed by atoms with van der Waals surface area (Å²) in [6.45, 7) is 7.60. The van der Waals surface area contributed by atoms with Crippen LogP contribution in [-0.2, 0) is 0 Å². The average Bonchev–Trinajstić information content (AvgIpc) is 2.85. The molecule has 2 nitrogen and oxygen atoms in total. The Hall–Kier alpha value is -1.38. The SMILES string of the molecule is C1=C2CCCC/C=C\C=C\CCN3CC[C@@H]4[C@H](CCCCCC/C=C\C=C/CCN(C2)C[C@H]14)C3. The van der Waals surface area contributed by atoms with Gasteiger partial charge in [0.2, 0.25) is 0 Å². The first-order valence-corrected chi connectivity index (χ1v) is 14.7. The normalized spacial score (nSPS) is 38.4. The Morgan fingerprint density at radius 1 is 0.588 bits per heavy atom. The Balaban J connectivity index is 1.52. The second kappa shape index (κ2) is 14.9. The number of fused-ring (bicyclic) bond motifs is 9. The Morgan fingerprint density at radius 3 is 2.06 bits per heavy atom. The van der Waals surface area contributed by atoms with Gasteiger partial charge in [-0.3, -0.25) is 4.90 Å². The first-order valence-electron chi connectivity index (χ1n) is 14.7. The van der Waals surface area contributed by atoms with Crippen LogP contribution in [0.15, 0.2) is 60.3 Å². The molecule has 0 aromatic carbocycles. The molecule has 5 aliphatic heterocycles. The van der Waals surface area contributed by atoms with E-state index < -0.39 is 0 Å². The van der Waals surface area contributed by atoms with E-state index in [-0.39, 0.29) is 0 Å². The van der Waals surface area contributed by atoms with Crippen molar-refractivity contribution in [2.45, 2.75) is 83.5 Å². The first kappa shape index (κ1) is 25.7. The molecule has 0 aromatic rings. The number of hydrogen-bond donors (Lipinski definition) is 0. The zero-order valence-corrected chi connectivity index (χ0v) is 21.8. The molecule has 6 bridgehead atoms. The zero-order valence-electron chi connectivity index (χ0n) is 21.8. The second-order valence-electron chi connectivity index (χ2n) is 11.3. The van der Waals surface area contributed by atoms with Gasteiger partial charge < -0.3 is 4.90 Å². The molecule has 1 fully saturated rings. The number of allylic oxidation sites excluding steroid dienone is 6. The van der Waals surface area contributed by atoms with Crippen molar-refractivity contribution >= 4 is 0 Å². The van der Waals surface area contributed by atoms with Crippen LogP contribution in [0.3, 0.4) is 0 Å². The highest BCUT2D eigenvalue weighted by Gasteiger charge is 2.35. The molecule has 188 valence electrons. The number of piperidine rings is 1. The lowest BCUT2D eigenvalue weighted by Crippen LogP contribution is -2.47. The van der Waals surface area contributed by atoms with E-state index in [1.165, 1.54) is 123 Å². The van der Waals surface area contributed by atoms with Crippen molar-refractivity contribution < 1.29 is 0 Å². The van der Waals surface area contributed by atoms with Gasteiger partial charge in [0, 0.05) is 32.7 Å². The quantitative estimate of drug-likeness (QED) is 0.340. The third-order valence-corrected chi connectivity index (χ3v) is 8.58. The maximum Gasteiger partial charge on any atom is 0.0193 e. The van der Waals surface area contributed by atoms with E-state index in [1.54, 1.807) is 5.57 Å². The Labute approximate surface area is 210 Å². The van der Waals surface area contributed by atoms with Crippen LogP contribution in [0.2, 0.25) is 0 Å². The number of hydrogen-bond acceptors (Lipinski definition) is 2. The van der Waals surface area contributed by atoms with E-state index in [9.17, 15) is 0 Å². The van der Waals surface area contributed by atoms with Crippen molar-refractivity contribution in [2.75, 3.05) is 39.3 Å². The summed E-state index contributed by atoms with van der Waals surface area (Å²) in [4.78, 5) is 5.59. The molecule has 2 heteroatoms. The van der Waals surface area contributed by atoms with Crippen LogP contribution in [0.25, 0.3) is 0 Å². The molecule has 0 aromatic heterocycles. The third-order valence-electron chi connectivity index (χ3n) is 8.58. The first-order chi connectivity index (χ1) is 16.9. The van der Waals surface area contributed by atoms with Crippen molar-refractivity contribution in [1.82, 2.24) is 9.80 Å². The lowest BCUT2D eigenvalue weighted by Gasteiger charge is -2.44. The van der Waals surface area contributed by atoms with Gasteiger partial charge in [0.15, 0.2) is 0 Å². The van der Waals surface area contributed by atoms with Gasteiger partial charge in [-0.15, -0.1) is 0 Å². The minimum Gasteiger partial charge on any atom is -0.303 e. The summed E-state index contributed by atoms with van der Waals surface area (Å²) in [5.41, 5.74) is 1.74. The monoisotopic (exact) mass is 462 g/mol. The van der Waals surface area contributed by atoms with Crippen LogP contribution in [-0.4, -0.2) is 49.1 Å². The van der Waals surface area contributed by atoms with Gasteiger partial charge >= 0.3 is 0 Å². The Kier molecular flexibility index (Phi) is 11.3. The molecule has 1 saturated heterocycles. The summed E-state index contributed by atoms with van der Waals surface area (Å²) in [6.07, 6.45) is 38.7. The molecule has 34 heavy (non-hydrogen) atoms. The van der Waals surface area contributed by atoms with Crippen LogP contribution in [0.4, 0.5) is 0 Å². The lowest BCUT2D eigenvalue weighted by atomic mass is 9.72. The summed E-state index contributed by atoms with van der Waals surface area (Å²) in [7, 11) is 0. The Morgan fingerprint density at radius 2 is 1.26 bits per heavy atom.